The molecule has 0 aromatic heterocycles. The van der Waals surface area contributed by atoms with E-state index in [9.17, 15) is 0 Å². The minimum absolute atomic E-state index is 0.702. The van der Waals surface area contributed by atoms with Crippen LogP contribution in [0.5, 0.6) is 0 Å². The van der Waals surface area contributed by atoms with Gasteiger partial charge >= 0.3 is 0 Å². The Labute approximate surface area is 53.8 Å². The van der Waals surface area contributed by atoms with Gasteiger partial charge < -0.3 is 5.32 Å². The number of nitrogens with zero attached hydrogens (tertiary/aromatic N) is 1. The average Bonchev–Trinajstić information content (AvgIpc) is 2.14. The molecule has 0 spiro atoms. The zero-order valence-corrected chi connectivity index (χ0v) is 5.96. The van der Waals surface area contributed by atoms with Crippen LogP contribution in [0.15, 0.2) is 4.99 Å². The van der Waals surface area contributed by atoms with Gasteiger partial charge in [0, 0.05) is 18.8 Å². The number of rotatable bonds is 0. The summed E-state index contributed by atoms with van der Waals surface area (Å²) in [6.07, 6.45) is 0. The van der Waals surface area contributed by atoms with E-state index in [-0.39, 0.29) is 0 Å². The smallest absolute Gasteiger partial charge is 0.156 e. The Morgan fingerprint density at radius 2 is 2.62 bits per heavy atom. The predicted octanol–water partition coefficient (Wildman–Crippen LogP) is 0.697. The molecular formula is C5H10N2S. The normalized spacial score (nSPS) is 33.2. The molecule has 46 valence electrons. The van der Waals surface area contributed by atoms with Crippen molar-refractivity contribution in [3.8, 4) is 0 Å². The highest BCUT2D eigenvalue weighted by atomic mass is 32.2. The molecule has 1 aliphatic heterocycles. The highest BCUT2D eigenvalue weighted by molar-refractivity contribution is 8.14. The van der Waals surface area contributed by atoms with Crippen LogP contribution in [0.4, 0.5) is 0 Å². The number of nitrogens with one attached hydrogen (secondary N) is 1. The largest absolute Gasteiger partial charge is 0.364 e. The van der Waals surface area contributed by atoms with Gasteiger partial charge in [0.2, 0.25) is 0 Å². The van der Waals surface area contributed by atoms with Crippen molar-refractivity contribution < 1.29 is 0 Å². The summed E-state index contributed by atoms with van der Waals surface area (Å²) in [6, 6.07) is 0. The van der Waals surface area contributed by atoms with Crippen molar-refractivity contribution in [2.75, 3.05) is 13.6 Å². The van der Waals surface area contributed by atoms with Crippen LogP contribution in [0.25, 0.3) is 0 Å². The van der Waals surface area contributed by atoms with Gasteiger partial charge in [-0.15, -0.1) is 0 Å². The topological polar surface area (TPSA) is 24.4 Å². The van der Waals surface area contributed by atoms with Gasteiger partial charge in [0.15, 0.2) is 5.17 Å². The summed E-state index contributed by atoms with van der Waals surface area (Å²) in [5, 5.41) is 4.95. The second-order valence-electron chi connectivity index (χ2n) is 1.84. The molecule has 0 unspecified atom stereocenters. The number of hydrogen-bond acceptors (Lipinski definition) is 2. The lowest BCUT2D eigenvalue weighted by Gasteiger charge is -1.89. The van der Waals surface area contributed by atoms with Crippen LogP contribution in [0.2, 0.25) is 0 Å². The van der Waals surface area contributed by atoms with E-state index in [1.54, 1.807) is 11.8 Å². The Balaban J connectivity index is 2.44. The van der Waals surface area contributed by atoms with E-state index < -0.39 is 0 Å². The molecule has 1 aliphatic rings. The summed E-state index contributed by atoms with van der Waals surface area (Å²) in [5.41, 5.74) is 0. The van der Waals surface area contributed by atoms with Gasteiger partial charge in [-0.3, -0.25) is 4.99 Å². The summed E-state index contributed by atoms with van der Waals surface area (Å²) in [7, 11) is 1.81. The fourth-order valence-corrected chi connectivity index (χ4v) is 1.46. The predicted molar refractivity (Wildman–Crippen MR) is 38.4 cm³/mol. The fourth-order valence-electron chi connectivity index (χ4n) is 0.637. The zero-order valence-electron chi connectivity index (χ0n) is 5.14. The highest BCUT2D eigenvalue weighted by Gasteiger charge is 2.14. The lowest BCUT2D eigenvalue weighted by Crippen LogP contribution is -2.14. The van der Waals surface area contributed by atoms with Crippen molar-refractivity contribution in [3.63, 3.8) is 0 Å². The van der Waals surface area contributed by atoms with Crippen LogP contribution in [0.1, 0.15) is 6.92 Å². The Kier molecular flexibility index (Phi) is 1.78. The van der Waals surface area contributed by atoms with Crippen molar-refractivity contribution in [1.29, 1.82) is 0 Å². The van der Waals surface area contributed by atoms with E-state index in [0.717, 1.165) is 11.7 Å². The van der Waals surface area contributed by atoms with Crippen LogP contribution in [0, 0.1) is 0 Å². The molecular weight excluding hydrogens is 120 g/mol. The summed E-state index contributed by atoms with van der Waals surface area (Å²) < 4.78 is 0. The van der Waals surface area contributed by atoms with E-state index >= 15 is 0 Å². The maximum absolute atomic E-state index is 4.01. The first-order chi connectivity index (χ1) is 3.83. The lowest BCUT2D eigenvalue weighted by molar-refractivity contribution is 0.890. The highest BCUT2D eigenvalue weighted by Crippen LogP contribution is 2.15. The van der Waals surface area contributed by atoms with Crippen molar-refractivity contribution in [2.45, 2.75) is 12.2 Å². The van der Waals surface area contributed by atoms with Gasteiger partial charge in [0.1, 0.15) is 0 Å². The molecule has 1 saturated heterocycles. The maximum atomic E-state index is 4.01. The Bertz CT molecular complexity index is 111. The van der Waals surface area contributed by atoms with Gasteiger partial charge in [-0.25, -0.2) is 0 Å². The van der Waals surface area contributed by atoms with Gasteiger partial charge in [0.25, 0.3) is 0 Å². The molecule has 2 nitrogen and oxygen atoms in total. The Morgan fingerprint density at radius 1 is 1.88 bits per heavy atom. The van der Waals surface area contributed by atoms with Crippen LogP contribution in [-0.4, -0.2) is 24.0 Å². The molecule has 0 aromatic rings. The summed E-state index contributed by atoms with van der Waals surface area (Å²) in [6.45, 7) is 3.26. The van der Waals surface area contributed by atoms with Crippen LogP contribution >= 0.6 is 11.8 Å². The van der Waals surface area contributed by atoms with E-state index in [1.807, 2.05) is 7.05 Å². The molecule has 1 N–H and O–H groups in total. The molecule has 1 rings (SSSR count). The molecule has 0 aromatic carbocycles. The van der Waals surface area contributed by atoms with E-state index in [4.69, 9.17) is 0 Å². The van der Waals surface area contributed by atoms with Crippen LogP contribution in [0.3, 0.4) is 0 Å². The summed E-state index contributed by atoms with van der Waals surface area (Å²) >= 11 is 1.80. The quantitative estimate of drug-likeness (QED) is 0.522. The van der Waals surface area contributed by atoms with E-state index in [1.165, 1.54) is 0 Å². The standard InChI is InChI=1S/C5H10N2S/c1-4-3-7-5(6-2)8-4/h4H,3H2,1-2H3,(H,6,7)/t4-/m1/s1. The van der Waals surface area contributed by atoms with E-state index in [0.29, 0.717) is 5.25 Å². The van der Waals surface area contributed by atoms with E-state index in [2.05, 4.69) is 17.2 Å². The lowest BCUT2D eigenvalue weighted by atomic mass is 10.5. The second kappa shape index (κ2) is 2.40. The van der Waals surface area contributed by atoms with Crippen LogP contribution in [-0.2, 0) is 0 Å². The first-order valence-electron chi connectivity index (χ1n) is 2.70. The molecule has 0 bridgehead atoms. The third kappa shape index (κ3) is 1.15. The summed E-state index contributed by atoms with van der Waals surface area (Å²) in [5.74, 6) is 0. The fraction of sp³-hybridized carbons (Fsp3) is 0.800. The molecule has 0 amide bonds. The van der Waals surface area contributed by atoms with Gasteiger partial charge in [-0.1, -0.05) is 18.7 Å². The first kappa shape index (κ1) is 5.95. The molecule has 1 fully saturated rings. The molecule has 8 heavy (non-hydrogen) atoms. The Morgan fingerprint density at radius 3 is 2.88 bits per heavy atom. The van der Waals surface area contributed by atoms with Crippen LogP contribution < -0.4 is 5.32 Å². The van der Waals surface area contributed by atoms with Gasteiger partial charge in [-0.2, -0.15) is 0 Å². The number of hydrogen-bond donors (Lipinski definition) is 1. The third-order valence-corrected chi connectivity index (χ3v) is 2.18. The number of amidine groups is 1. The number of aliphatic imine (C=N–C) groups is 1. The monoisotopic (exact) mass is 130 g/mol. The van der Waals surface area contributed by atoms with Gasteiger partial charge in [0.05, 0.1) is 0 Å². The molecule has 0 radical (unpaired) electrons. The molecule has 0 saturated carbocycles. The SMILES string of the molecule is CN=C1NC[C@@H](C)S1. The van der Waals surface area contributed by atoms with Crippen molar-refractivity contribution in [3.05, 3.63) is 0 Å². The van der Waals surface area contributed by atoms with Crippen molar-refractivity contribution in [1.82, 2.24) is 5.32 Å². The van der Waals surface area contributed by atoms with Crippen molar-refractivity contribution >= 4 is 16.9 Å². The van der Waals surface area contributed by atoms with Gasteiger partial charge in [-0.05, 0) is 0 Å². The zero-order chi connectivity index (χ0) is 5.98. The van der Waals surface area contributed by atoms with Crippen molar-refractivity contribution in [2.24, 2.45) is 4.99 Å². The average molecular weight is 130 g/mol. The maximum Gasteiger partial charge on any atom is 0.156 e. The Hall–Kier alpha value is -0.180. The number of thioether (sulfide) groups is 1. The second-order valence-corrected chi connectivity index (χ2v) is 3.27. The molecule has 3 heteroatoms. The molecule has 0 aliphatic carbocycles. The summed E-state index contributed by atoms with van der Waals surface area (Å²) in [4.78, 5) is 4.01. The molecule has 1 heterocycles. The third-order valence-electron chi connectivity index (χ3n) is 1.06. The first-order valence-corrected chi connectivity index (χ1v) is 3.58. The molecule has 1 atom stereocenters. The minimum Gasteiger partial charge on any atom is -0.364 e. The minimum atomic E-state index is 0.702.